The summed E-state index contributed by atoms with van der Waals surface area (Å²) in [5, 5.41) is 10.2. The molecule has 2 aromatic rings. The third kappa shape index (κ3) is 2.14. The van der Waals surface area contributed by atoms with Gasteiger partial charge in [-0.05, 0) is 25.1 Å². The SMILES string of the molecule is Cc1ccc2nc(C(C)(C)C)cc(C#N)c2c1. The number of aryl methyl sites for hydroxylation is 1. The lowest BCUT2D eigenvalue weighted by Gasteiger charge is -2.18. The molecule has 17 heavy (non-hydrogen) atoms. The van der Waals surface area contributed by atoms with Gasteiger partial charge in [-0.2, -0.15) is 5.26 Å². The Balaban J connectivity index is 2.81. The number of fused-ring (bicyclic) bond motifs is 1. The minimum absolute atomic E-state index is 0.0370. The van der Waals surface area contributed by atoms with Crippen LogP contribution in [0.3, 0.4) is 0 Å². The molecule has 86 valence electrons. The molecule has 0 spiro atoms. The highest BCUT2D eigenvalue weighted by atomic mass is 14.7. The van der Waals surface area contributed by atoms with Crippen LogP contribution in [0.4, 0.5) is 0 Å². The average Bonchev–Trinajstić information content (AvgIpc) is 2.26. The van der Waals surface area contributed by atoms with Gasteiger partial charge in [0.15, 0.2) is 0 Å². The molecule has 0 saturated carbocycles. The van der Waals surface area contributed by atoms with Gasteiger partial charge < -0.3 is 0 Å². The van der Waals surface area contributed by atoms with Crippen molar-refractivity contribution in [1.82, 2.24) is 4.98 Å². The second-order valence-corrected chi connectivity index (χ2v) is 5.44. The van der Waals surface area contributed by atoms with Crippen molar-refractivity contribution in [3.63, 3.8) is 0 Å². The first kappa shape index (κ1) is 11.6. The van der Waals surface area contributed by atoms with Gasteiger partial charge in [0.25, 0.3) is 0 Å². The summed E-state index contributed by atoms with van der Waals surface area (Å²) >= 11 is 0. The van der Waals surface area contributed by atoms with Crippen LogP contribution in [0.2, 0.25) is 0 Å². The van der Waals surface area contributed by atoms with Crippen LogP contribution in [0, 0.1) is 18.3 Å². The van der Waals surface area contributed by atoms with Crippen LogP contribution in [-0.2, 0) is 5.41 Å². The number of benzene rings is 1. The lowest BCUT2D eigenvalue weighted by molar-refractivity contribution is 0.571. The molecule has 1 aromatic carbocycles. The van der Waals surface area contributed by atoms with Crippen molar-refractivity contribution in [3.8, 4) is 6.07 Å². The van der Waals surface area contributed by atoms with E-state index in [9.17, 15) is 5.26 Å². The van der Waals surface area contributed by atoms with Crippen LogP contribution in [0.1, 0.15) is 37.6 Å². The Morgan fingerprint density at radius 1 is 1.18 bits per heavy atom. The Labute approximate surface area is 102 Å². The molecule has 0 radical (unpaired) electrons. The van der Waals surface area contributed by atoms with Gasteiger partial charge in [-0.3, -0.25) is 4.98 Å². The van der Waals surface area contributed by atoms with Crippen molar-refractivity contribution < 1.29 is 0 Å². The highest BCUT2D eigenvalue weighted by Gasteiger charge is 2.17. The summed E-state index contributed by atoms with van der Waals surface area (Å²) in [5.74, 6) is 0. The predicted octanol–water partition coefficient (Wildman–Crippen LogP) is 3.71. The van der Waals surface area contributed by atoms with Crippen molar-refractivity contribution in [2.45, 2.75) is 33.1 Å². The molecule has 0 aliphatic heterocycles. The van der Waals surface area contributed by atoms with Gasteiger partial charge in [0, 0.05) is 16.5 Å². The molecule has 0 aliphatic carbocycles. The maximum Gasteiger partial charge on any atom is 0.0999 e. The molecular weight excluding hydrogens is 208 g/mol. The van der Waals surface area contributed by atoms with Gasteiger partial charge in [-0.1, -0.05) is 32.4 Å². The van der Waals surface area contributed by atoms with E-state index in [1.54, 1.807) is 0 Å². The van der Waals surface area contributed by atoms with E-state index in [0.29, 0.717) is 5.56 Å². The van der Waals surface area contributed by atoms with E-state index in [-0.39, 0.29) is 5.41 Å². The number of rotatable bonds is 0. The number of pyridine rings is 1. The van der Waals surface area contributed by atoms with Gasteiger partial charge in [0.05, 0.1) is 17.1 Å². The molecule has 1 aromatic heterocycles. The topological polar surface area (TPSA) is 36.7 Å². The highest BCUT2D eigenvalue weighted by molar-refractivity contribution is 5.85. The summed E-state index contributed by atoms with van der Waals surface area (Å²) < 4.78 is 0. The monoisotopic (exact) mass is 224 g/mol. The molecule has 0 saturated heterocycles. The number of aromatic nitrogens is 1. The quantitative estimate of drug-likeness (QED) is 0.684. The van der Waals surface area contributed by atoms with E-state index in [0.717, 1.165) is 22.2 Å². The summed E-state index contributed by atoms with van der Waals surface area (Å²) in [6.45, 7) is 8.35. The standard InChI is InChI=1S/C15H16N2/c1-10-5-6-13-12(7-10)11(9-16)8-14(17-13)15(2,3)4/h5-8H,1-4H3. The van der Waals surface area contributed by atoms with Gasteiger partial charge in [0.2, 0.25) is 0 Å². The van der Waals surface area contributed by atoms with Gasteiger partial charge >= 0.3 is 0 Å². The highest BCUT2D eigenvalue weighted by Crippen LogP contribution is 2.26. The van der Waals surface area contributed by atoms with Crippen molar-refractivity contribution in [3.05, 3.63) is 41.1 Å². The molecule has 0 N–H and O–H groups in total. The zero-order valence-electron chi connectivity index (χ0n) is 10.7. The Hall–Kier alpha value is -1.88. The largest absolute Gasteiger partial charge is 0.252 e. The number of nitrogens with zero attached hydrogens (tertiary/aromatic N) is 2. The van der Waals surface area contributed by atoms with Crippen LogP contribution in [0.5, 0.6) is 0 Å². The molecule has 0 aliphatic rings. The van der Waals surface area contributed by atoms with Gasteiger partial charge in [-0.25, -0.2) is 0 Å². The zero-order valence-corrected chi connectivity index (χ0v) is 10.7. The predicted molar refractivity (Wildman–Crippen MR) is 69.9 cm³/mol. The van der Waals surface area contributed by atoms with Crippen LogP contribution in [0.25, 0.3) is 10.9 Å². The first-order valence-corrected chi connectivity index (χ1v) is 5.74. The first-order valence-electron chi connectivity index (χ1n) is 5.74. The Morgan fingerprint density at radius 3 is 2.47 bits per heavy atom. The average molecular weight is 224 g/mol. The molecule has 0 amide bonds. The fraction of sp³-hybridized carbons (Fsp3) is 0.333. The van der Waals surface area contributed by atoms with Crippen molar-refractivity contribution in [2.24, 2.45) is 0 Å². The molecular formula is C15H16N2. The minimum atomic E-state index is -0.0370. The third-order valence-corrected chi connectivity index (χ3v) is 2.85. The van der Waals surface area contributed by atoms with Crippen molar-refractivity contribution in [1.29, 1.82) is 5.26 Å². The minimum Gasteiger partial charge on any atom is -0.252 e. The number of hydrogen-bond acceptors (Lipinski definition) is 2. The second-order valence-electron chi connectivity index (χ2n) is 5.44. The van der Waals surface area contributed by atoms with Crippen molar-refractivity contribution in [2.75, 3.05) is 0 Å². The van der Waals surface area contributed by atoms with Crippen LogP contribution in [0.15, 0.2) is 24.3 Å². The molecule has 0 unspecified atom stereocenters. The van der Waals surface area contributed by atoms with E-state index >= 15 is 0 Å². The summed E-state index contributed by atoms with van der Waals surface area (Å²) in [7, 11) is 0. The smallest absolute Gasteiger partial charge is 0.0999 e. The van der Waals surface area contributed by atoms with Gasteiger partial charge in [0.1, 0.15) is 0 Å². The fourth-order valence-electron chi connectivity index (χ4n) is 1.82. The summed E-state index contributed by atoms with van der Waals surface area (Å²) in [5.41, 5.74) is 3.69. The molecule has 2 nitrogen and oxygen atoms in total. The van der Waals surface area contributed by atoms with Gasteiger partial charge in [-0.15, -0.1) is 0 Å². The van der Waals surface area contributed by atoms with E-state index in [1.807, 2.05) is 31.2 Å². The number of nitriles is 1. The molecule has 0 bridgehead atoms. The Kier molecular flexibility index (Phi) is 2.63. The molecule has 2 heteroatoms. The molecule has 0 fully saturated rings. The summed E-state index contributed by atoms with van der Waals surface area (Å²) in [6.07, 6.45) is 0. The number of hydrogen-bond donors (Lipinski definition) is 0. The Morgan fingerprint density at radius 2 is 1.88 bits per heavy atom. The van der Waals surface area contributed by atoms with Crippen LogP contribution >= 0.6 is 0 Å². The Bertz CT molecular complexity index is 613. The maximum atomic E-state index is 9.24. The van der Waals surface area contributed by atoms with E-state index in [2.05, 4.69) is 31.8 Å². The first-order chi connectivity index (χ1) is 7.91. The summed E-state index contributed by atoms with van der Waals surface area (Å²) in [4.78, 5) is 4.65. The second kappa shape index (κ2) is 3.85. The van der Waals surface area contributed by atoms with Crippen molar-refractivity contribution >= 4 is 10.9 Å². The zero-order chi connectivity index (χ0) is 12.6. The van der Waals surface area contributed by atoms with Crippen LogP contribution < -0.4 is 0 Å². The van der Waals surface area contributed by atoms with Crippen LogP contribution in [-0.4, -0.2) is 4.98 Å². The van der Waals surface area contributed by atoms with E-state index in [4.69, 9.17) is 0 Å². The fourth-order valence-corrected chi connectivity index (χ4v) is 1.82. The molecule has 0 atom stereocenters. The normalized spacial score (nSPS) is 11.5. The third-order valence-electron chi connectivity index (χ3n) is 2.85. The van der Waals surface area contributed by atoms with E-state index in [1.165, 1.54) is 0 Å². The lowest BCUT2D eigenvalue weighted by Crippen LogP contribution is -2.13. The van der Waals surface area contributed by atoms with E-state index < -0.39 is 0 Å². The lowest BCUT2D eigenvalue weighted by atomic mass is 9.90. The maximum absolute atomic E-state index is 9.24. The summed E-state index contributed by atoms with van der Waals surface area (Å²) in [6, 6.07) is 10.2. The molecule has 2 rings (SSSR count). The molecule has 1 heterocycles.